The van der Waals surface area contributed by atoms with Crippen LogP contribution in [0.25, 0.3) is 0 Å². The monoisotopic (exact) mass is 270 g/mol. The fraction of sp³-hybridized carbons (Fsp3) is 0.312. The third-order valence-corrected chi connectivity index (χ3v) is 3.65. The molecular weight excluding hydrogens is 252 g/mol. The summed E-state index contributed by atoms with van der Waals surface area (Å²) in [4.78, 5) is 14.1. The van der Waals surface area contributed by atoms with Crippen molar-refractivity contribution in [2.75, 3.05) is 4.90 Å². The molecule has 2 N–H and O–H groups in total. The van der Waals surface area contributed by atoms with E-state index in [4.69, 9.17) is 10.2 Å². The Hall–Kier alpha value is -2.07. The molecule has 0 saturated carbocycles. The third kappa shape index (κ3) is 2.47. The van der Waals surface area contributed by atoms with Gasteiger partial charge in [-0.2, -0.15) is 0 Å². The first-order valence-corrected chi connectivity index (χ1v) is 6.94. The molecule has 0 aliphatic carbocycles. The summed E-state index contributed by atoms with van der Waals surface area (Å²) >= 11 is 0. The Labute approximate surface area is 118 Å². The molecule has 1 aromatic heterocycles. The average molecular weight is 270 g/mol. The van der Waals surface area contributed by atoms with Gasteiger partial charge in [-0.3, -0.25) is 4.79 Å². The smallest absolute Gasteiger partial charge is 0.227 e. The number of nitrogens with two attached hydrogens (primary N) is 1. The van der Waals surface area contributed by atoms with Crippen LogP contribution in [-0.2, 0) is 24.3 Å². The fourth-order valence-electron chi connectivity index (χ4n) is 2.63. The molecule has 0 atom stereocenters. The number of carbonyl (C=O) groups excluding carboxylic acids is 1. The summed E-state index contributed by atoms with van der Waals surface area (Å²) in [6.45, 7) is 0.848. The molecule has 0 radical (unpaired) electrons. The lowest BCUT2D eigenvalue weighted by molar-refractivity contribution is -0.118. The van der Waals surface area contributed by atoms with Crippen molar-refractivity contribution in [2.24, 2.45) is 5.73 Å². The molecule has 0 spiro atoms. The van der Waals surface area contributed by atoms with E-state index in [0.29, 0.717) is 19.5 Å². The topological polar surface area (TPSA) is 59.5 Å². The van der Waals surface area contributed by atoms with Crippen molar-refractivity contribution in [3.05, 3.63) is 53.5 Å². The summed E-state index contributed by atoms with van der Waals surface area (Å²) in [5.41, 5.74) is 7.78. The van der Waals surface area contributed by atoms with Crippen LogP contribution in [0.5, 0.6) is 0 Å². The van der Waals surface area contributed by atoms with Gasteiger partial charge in [-0.15, -0.1) is 0 Å². The molecule has 2 aromatic rings. The quantitative estimate of drug-likeness (QED) is 0.932. The lowest BCUT2D eigenvalue weighted by atomic mass is 10.1. The molecule has 4 heteroatoms. The van der Waals surface area contributed by atoms with Gasteiger partial charge in [0, 0.05) is 12.1 Å². The van der Waals surface area contributed by atoms with Crippen LogP contribution in [0.15, 0.2) is 40.8 Å². The molecule has 1 aliphatic rings. The Morgan fingerprint density at radius 2 is 1.90 bits per heavy atom. The van der Waals surface area contributed by atoms with Crippen LogP contribution in [0.4, 0.5) is 5.69 Å². The normalized spacial score (nSPS) is 15.1. The Morgan fingerprint density at radius 1 is 1.10 bits per heavy atom. The molecule has 2 heterocycles. The van der Waals surface area contributed by atoms with E-state index in [1.165, 1.54) is 5.56 Å². The minimum Gasteiger partial charge on any atom is -0.463 e. The molecule has 1 aromatic carbocycles. The Bertz CT molecular complexity index is 618. The first-order valence-electron chi connectivity index (χ1n) is 6.94. The number of anilines is 1. The lowest BCUT2D eigenvalue weighted by Gasteiger charge is -2.21. The van der Waals surface area contributed by atoms with Gasteiger partial charge in [0.15, 0.2) is 0 Å². The second-order valence-corrected chi connectivity index (χ2v) is 5.03. The first-order chi connectivity index (χ1) is 9.78. The number of hydrogen-bond donors (Lipinski definition) is 1. The van der Waals surface area contributed by atoms with Crippen molar-refractivity contribution in [1.29, 1.82) is 0 Å². The van der Waals surface area contributed by atoms with Crippen molar-refractivity contribution >= 4 is 11.6 Å². The van der Waals surface area contributed by atoms with Gasteiger partial charge >= 0.3 is 0 Å². The van der Waals surface area contributed by atoms with Crippen molar-refractivity contribution in [1.82, 2.24) is 0 Å². The number of hydrogen-bond acceptors (Lipinski definition) is 3. The summed E-state index contributed by atoms with van der Waals surface area (Å²) in [5, 5.41) is 0. The van der Waals surface area contributed by atoms with Gasteiger partial charge in [-0.1, -0.05) is 18.2 Å². The zero-order valence-corrected chi connectivity index (χ0v) is 11.3. The van der Waals surface area contributed by atoms with Gasteiger partial charge in [-0.25, -0.2) is 0 Å². The zero-order valence-electron chi connectivity index (χ0n) is 11.3. The van der Waals surface area contributed by atoms with Crippen LogP contribution in [0, 0.1) is 0 Å². The Morgan fingerprint density at radius 3 is 2.70 bits per heavy atom. The molecule has 4 nitrogen and oxygen atoms in total. The molecule has 0 fully saturated rings. The summed E-state index contributed by atoms with van der Waals surface area (Å²) in [7, 11) is 0. The second kappa shape index (κ2) is 5.51. The summed E-state index contributed by atoms with van der Waals surface area (Å²) in [6, 6.07) is 11.8. The number of para-hydroxylation sites is 1. The number of rotatable bonds is 3. The Balaban J connectivity index is 1.91. The first kappa shape index (κ1) is 12.9. The molecule has 1 amide bonds. The standard InChI is InChI=1S/C16H18N2O2/c17-10-13-8-9-14(20-13)11-18-15-6-2-1-4-12(15)5-3-7-16(18)19/h1-2,4,6,8-9H,3,5,7,10-11,17H2. The van der Waals surface area contributed by atoms with Gasteiger partial charge in [0.25, 0.3) is 0 Å². The van der Waals surface area contributed by atoms with E-state index in [9.17, 15) is 4.79 Å². The highest BCUT2D eigenvalue weighted by molar-refractivity contribution is 5.94. The SMILES string of the molecule is NCc1ccc(CN2C(=O)CCCc3ccccc32)o1. The van der Waals surface area contributed by atoms with Crippen LogP contribution in [-0.4, -0.2) is 5.91 Å². The molecule has 0 bridgehead atoms. The maximum absolute atomic E-state index is 12.3. The fourth-order valence-corrected chi connectivity index (χ4v) is 2.63. The summed E-state index contributed by atoms with van der Waals surface area (Å²) in [6.07, 6.45) is 2.43. The number of fused-ring (bicyclic) bond motifs is 1. The van der Waals surface area contributed by atoms with E-state index in [-0.39, 0.29) is 5.91 Å². The molecule has 0 unspecified atom stereocenters. The van der Waals surface area contributed by atoms with E-state index in [1.807, 2.05) is 35.2 Å². The highest BCUT2D eigenvalue weighted by atomic mass is 16.3. The highest BCUT2D eigenvalue weighted by Crippen LogP contribution is 2.28. The third-order valence-electron chi connectivity index (χ3n) is 3.65. The van der Waals surface area contributed by atoms with Gasteiger partial charge in [0.1, 0.15) is 11.5 Å². The molecule has 104 valence electrons. The minimum absolute atomic E-state index is 0.153. The number of aryl methyl sites for hydroxylation is 1. The predicted octanol–water partition coefficient (Wildman–Crippen LogP) is 2.61. The van der Waals surface area contributed by atoms with Crippen molar-refractivity contribution in [3.63, 3.8) is 0 Å². The lowest BCUT2D eigenvalue weighted by Crippen LogP contribution is -2.29. The van der Waals surface area contributed by atoms with Gasteiger partial charge in [-0.05, 0) is 36.6 Å². The van der Waals surface area contributed by atoms with E-state index < -0.39 is 0 Å². The molecule has 3 rings (SSSR count). The molecular formula is C16H18N2O2. The zero-order chi connectivity index (χ0) is 13.9. The maximum atomic E-state index is 12.3. The molecule has 0 saturated heterocycles. The second-order valence-electron chi connectivity index (χ2n) is 5.03. The highest BCUT2D eigenvalue weighted by Gasteiger charge is 2.22. The van der Waals surface area contributed by atoms with Crippen molar-refractivity contribution < 1.29 is 9.21 Å². The van der Waals surface area contributed by atoms with Crippen LogP contribution in [0.1, 0.15) is 29.9 Å². The van der Waals surface area contributed by atoms with Gasteiger partial charge < -0.3 is 15.1 Å². The van der Waals surface area contributed by atoms with Crippen LogP contribution < -0.4 is 10.6 Å². The minimum atomic E-state index is 0.153. The number of carbonyl (C=O) groups is 1. The Kier molecular flexibility index (Phi) is 3.56. The summed E-state index contributed by atoms with van der Waals surface area (Å²) < 4.78 is 5.62. The number of nitrogens with zero attached hydrogens (tertiary/aromatic N) is 1. The number of amides is 1. The number of benzene rings is 1. The average Bonchev–Trinajstić information content (AvgIpc) is 2.87. The van der Waals surface area contributed by atoms with Gasteiger partial charge in [0.05, 0.1) is 13.1 Å². The molecule has 1 aliphatic heterocycles. The van der Waals surface area contributed by atoms with Crippen molar-refractivity contribution in [3.8, 4) is 0 Å². The van der Waals surface area contributed by atoms with Crippen LogP contribution in [0.2, 0.25) is 0 Å². The largest absolute Gasteiger partial charge is 0.463 e. The van der Waals surface area contributed by atoms with E-state index in [0.717, 1.165) is 30.0 Å². The predicted molar refractivity (Wildman–Crippen MR) is 77.2 cm³/mol. The van der Waals surface area contributed by atoms with Crippen LogP contribution in [0.3, 0.4) is 0 Å². The van der Waals surface area contributed by atoms with Crippen molar-refractivity contribution in [2.45, 2.75) is 32.4 Å². The maximum Gasteiger partial charge on any atom is 0.227 e. The van der Waals surface area contributed by atoms with E-state index >= 15 is 0 Å². The number of furan rings is 1. The van der Waals surface area contributed by atoms with E-state index in [1.54, 1.807) is 0 Å². The van der Waals surface area contributed by atoms with Crippen LogP contribution >= 0.6 is 0 Å². The van der Waals surface area contributed by atoms with E-state index in [2.05, 4.69) is 6.07 Å². The van der Waals surface area contributed by atoms with Gasteiger partial charge in [0.2, 0.25) is 5.91 Å². The molecule has 20 heavy (non-hydrogen) atoms. The summed E-state index contributed by atoms with van der Waals surface area (Å²) in [5.74, 6) is 1.67.